The highest BCUT2D eigenvalue weighted by molar-refractivity contribution is 5.96. The summed E-state index contributed by atoms with van der Waals surface area (Å²) in [5.41, 5.74) is 6.05. The number of carbonyl (C=O) groups is 1. The van der Waals surface area contributed by atoms with Crippen LogP contribution in [-0.4, -0.2) is 74.6 Å². The first-order valence-corrected chi connectivity index (χ1v) is 11.8. The Morgan fingerprint density at radius 1 is 1.09 bits per heavy atom. The maximum absolute atomic E-state index is 13.7. The van der Waals surface area contributed by atoms with Crippen LogP contribution < -0.4 is 10.3 Å². The number of nitrogens with one attached hydrogen (secondary N) is 1. The highest BCUT2D eigenvalue weighted by atomic mass is 16.2. The number of rotatable bonds is 5. The maximum atomic E-state index is 13.7. The van der Waals surface area contributed by atoms with Crippen LogP contribution in [0.1, 0.15) is 41.9 Å². The number of carbonyl (C=O) groups excluding carboxylic acids is 1. The first kappa shape index (κ1) is 22.1. The van der Waals surface area contributed by atoms with Crippen LogP contribution in [0.3, 0.4) is 0 Å². The number of aromatic nitrogens is 4. The van der Waals surface area contributed by atoms with E-state index in [4.69, 9.17) is 0 Å². The predicted molar refractivity (Wildman–Crippen MR) is 129 cm³/mol. The van der Waals surface area contributed by atoms with Crippen LogP contribution in [-0.2, 0) is 7.05 Å². The largest absolute Gasteiger partial charge is 0.369 e. The van der Waals surface area contributed by atoms with Gasteiger partial charge in [-0.15, -0.1) is 0 Å². The molecule has 2 fully saturated rings. The number of hydrogen-bond acceptors (Lipinski definition) is 8. The minimum Gasteiger partial charge on any atom is -0.369 e. The lowest BCUT2D eigenvalue weighted by atomic mass is 10.1. The topological polar surface area (TPSA) is 106 Å². The smallest absolute Gasteiger partial charge is 0.272 e. The fourth-order valence-electron chi connectivity index (χ4n) is 4.74. The molecule has 176 valence electrons. The van der Waals surface area contributed by atoms with Crippen LogP contribution in [0, 0.1) is 11.3 Å². The number of nitrogens with zero attached hydrogens (tertiary/aromatic N) is 8. The molecule has 0 atom stereocenters. The van der Waals surface area contributed by atoms with Gasteiger partial charge in [0, 0.05) is 44.5 Å². The fraction of sp³-hybridized carbons (Fsp3) is 0.458. The first-order chi connectivity index (χ1) is 16.5. The van der Waals surface area contributed by atoms with E-state index < -0.39 is 0 Å². The van der Waals surface area contributed by atoms with E-state index >= 15 is 0 Å². The van der Waals surface area contributed by atoms with E-state index in [1.807, 2.05) is 37.4 Å². The third-order valence-electron chi connectivity index (χ3n) is 6.78. The molecular formula is C24H29N9O. The van der Waals surface area contributed by atoms with Gasteiger partial charge in [0.25, 0.3) is 5.91 Å². The third kappa shape index (κ3) is 4.26. The molecule has 2 aliphatic rings. The van der Waals surface area contributed by atoms with Gasteiger partial charge >= 0.3 is 0 Å². The second-order valence-corrected chi connectivity index (χ2v) is 9.10. The summed E-state index contributed by atoms with van der Waals surface area (Å²) >= 11 is 0. The van der Waals surface area contributed by atoms with Crippen LogP contribution in [0.2, 0.25) is 0 Å². The van der Waals surface area contributed by atoms with Gasteiger partial charge in [-0.25, -0.2) is 9.99 Å². The summed E-state index contributed by atoms with van der Waals surface area (Å²) in [6, 6.07) is 9.91. The molecule has 1 saturated carbocycles. The molecule has 5 rings (SSSR count). The Kier molecular flexibility index (Phi) is 6.02. The van der Waals surface area contributed by atoms with Gasteiger partial charge in [0.2, 0.25) is 5.82 Å². The average Bonchev–Trinajstić information content (AvgIpc) is 3.53. The summed E-state index contributed by atoms with van der Waals surface area (Å²) in [6.45, 7) is 4.03. The van der Waals surface area contributed by atoms with Gasteiger partial charge in [-0.2, -0.15) is 15.2 Å². The van der Waals surface area contributed by atoms with Crippen LogP contribution in [0.15, 0.2) is 30.6 Å². The van der Waals surface area contributed by atoms with Crippen LogP contribution in [0.25, 0.3) is 11.2 Å². The molecule has 1 aliphatic heterocycles. The van der Waals surface area contributed by atoms with Crippen molar-refractivity contribution in [2.75, 3.05) is 43.6 Å². The number of amides is 1. The lowest BCUT2D eigenvalue weighted by Gasteiger charge is -2.34. The number of nitriles is 1. The van der Waals surface area contributed by atoms with Crippen molar-refractivity contribution >= 4 is 28.6 Å². The summed E-state index contributed by atoms with van der Waals surface area (Å²) in [5.74, 6) is 0.295. The van der Waals surface area contributed by atoms with Crippen LogP contribution >= 0.6 is 0 Å². The van der Waals surface area contributed by atoms with Crippen LogP contribution in [0.4, 0.5) is 11.5 Å². The van der Waals surface area contributed by atoms with E-state index in [0.29, 0.717) is 22.5 Å². The van der Waals surface area contributed by atoms with Gasteiger partial charge in [0.15, 0.2) is 17.0 Å². The Bertz CT molecular complexity index is 1220. The monoisotopic (exact) mass is 459 g/mol. The molecule has 10 heteroatoms. The van der Waals surface area contributed by atoms with Crippen molar-refractivity contribution < 1.29 is 4.79 Å². The zero-order valence-electron chi connectivity index (χ0n) is 19.6. The normalized spacial score (nSPS) is 17.1. The predicted octanol–water partition coefficient (Wildman–Crippen LogP) is 2.40. The molecule has 0 spiro atoms. The Labute approximate surface area is 198 Å². The lowest BCUT2D eigenvalue weighted by Crippen LogP contribution is -2.44. The number of fused-ring (bicyclic) bond motifs is 1. The molecule has 3 aromatic rings. The summed E-state index contributed by atoms with van der Waals surface area (Å²) in [7, 11) is 3.95. The second-order valence-electron chi connectivity index (χ2n) is 9.10. The molecule has 0 radical (unpaired) electrons. The number of piperazine rings is 1. The minimum absolute atomic E-state index is 0.0361. The quantitative estimate of drug-likeness (QED) is 0.580. The van der Waals surface area contributed by atoms with E-state index in [2.05, 4.69) is 37.2 Å². The van der Waals surface area contributed by atoms with E-state index in [1.54, 1.807) is 15.9 Å². The van der Waals surface area contributed by atoms with Crippen molar-refractivity contribution in [3.05, 3.63) is 42.0 Å². The molecule has 3 heterocycles. The molecule has 10 nitrogen and oxygen atoms in total. The Balaban J connectivity index is 1.42. The zero-order valence-corrected chi connectivity index (χ0v) is 19.6. The molecule has 1 amide bonds. The SMILES string of the molecule is CN1CCN(c2ccc(C(=O)N(Nc3nc(C#N)nc4c3ncn4C)C3CCCC3)cc2)CC1. The molecule has 1 aliphatic carbocycles. The summed E-state index contributed by atoms with van der Waals surface area (Å²) < 4.78 is 1.74. The Hall–Kier alpha value is -3.71. The Morgan fingerprint density at radius 2 is 1.79 bits per heavy atom. The van der Waals surface area contributed by atoms with Crippen molar-refractivity contribution in [1.29, 1.82) is 5.26 Å². The van der Waals surface area contributed by atoms with Crippen LogP contribution in [0.5, 0.6) is 0 Å². The highest BCUT2D eigenvalue weighted by Crippen LogP contribution is 2.28. The van der Waals surface area contributed by atoms with Crippen molar-refractivity contribution in [2.45, 2.75) is 31.7 Å². The average molecular weight is 460 g/mol. The third-order valence-corrected chi connectivity index (χ3v) is 6.78. The fourth-order valence-corrected chi connectivity index (χ4v) is 4.74. The molecule has 0 unspecified atom stereocenters. The molecular weight excluding hydrogens is 430 g/mol. The minimum atomic E-state index is -0.113. The van der Waals surface area contributed by atoms with Gasteiger partial charge in [0.05, 0.1) is 12.4 Å². The Morgan fingerprint density at radius 3 is 2.47 bits per heavy atom. The second kappa shape index (κ2) is 9.27. The standard InChI is InChI=1S/C24H29N9O/c1-30-11-13-32(14-12-30)18-9-7-17(8-10-18)24(34)33(19-5-3-4-6-19)29-22-21-23(31(2)16-26-21)28-20(15-25)27-22/h7-10,16,19H,3-6,11-14H2,1-2H3,(H,27,28,29). The van der Waals surface area contributed by atoms with Crippen molar-refractivity contribution in [1.82, 2.24) is 29.4 Å². The number of likely N-dealkylation sites (N-methyl/N-ethyl adjacent to an activating group) is 1. The van der Waals surface area contributed by atoms with Gasteiger partial charge in [-0.1, -0.05) is 12.8 Å². The van der Waals surface area contributed by atoms with Crippen molar-refractivity contribution in [3.63, 3.8) is 0 Å². The van der Waals surface area contributed by atoms with E-state index in [1.165, 1.54) is 0 Å². The van der Waals surface area contributed by atoms with Gasteiger partial charge < -0.3 is 14.4 Å². The molecule has 0 bridgehead atoms. The van der Waals surface area contributed by atoms with E-state index in [-0.39, 0.29) is 17.8 Å². The number of aryl methyl sites for hydroxylation is 1. The summed E-state index contributed by atoms with van der Waals surface area (Å²) in [6.07, 6.45) is 5.61. The number of hydrazine groups is 1. The van der Waals surface area contributed by atoms with Gasteiger partial charge in [-0.05, 0) is 44.2 Å². The number of hydrogen-bond donors (Lipinski definition) is 1. The highest BCUT2D eigenvalue weighted by Gasteiger charge is 2.29. The van der Waals surface area contributed by atoms with Gasteiger partial charge in [0.1, 0.15) is 6.07 Å². The molecule has 1 aromatic carbocycles. The molecule has 2 aromatic heterocycles. The van der Waals surface area contributed by atoms with E-state index in [9.17, 15) is 10.1 Å². The molecule has 1 saturated heterocycles. The maximum Gasteiger partial charge on any atom is 0.272 e. The number of imidazole rings is 1. The number of anilines is 2. The molecule has 1 N–H and O–H groups in total. The van der Waals surface area contributed by atoms with Crippen molar-refractivity contribution in [3.8, 4) is 6.07 Å². The molecule has 34 heavy (non-hydrogen) atoms. The summed E-state index contributed by atoms with van der Waals surface area (Å²) in [5, 5.41) is 11.1. The number of benzene rings is 1. The van der Waals surface area contributed by atoms with Crippen molar-refractivity contribution in [2.24, 2.45) is 7.05 Å². The van der Waals surface area contributed by atoms with E-state index in [0.717, 1.165) is 57.5 Å². The zero-order chi connectivity index (χ0) is 23.7. The lowest BCUT2D eigenvalue weighted by molar-refractivity contribution is 0.0732. The first-order valence-electron chi connectivity index (χ1n) is 11.8. The van der Waals surface area contributed by atoms with Gasteiger partial charge in [-0.3, -0.25) is 10.2 Å². The summed E-state index contributed by atoms with van der Waals surface area (Å²) in [4.78, 5) is 31.3.